The van der Waals surface area contributed by atoms with Crippen LogP contribution >= 0.6 is 0 Å². The Morgan fingerprint density at radius 2 is 1.59 bits per heavy atom. The summed E-state index contributed by atoms with van der Waals surface area (Å²) < 4.78 is 10.8. The molecule has 0 spiro atoms. The molecule has 0 saturated heterocycles. The molecule has 144 valence electrons. The molecule has 0 bridgehead atoms. The van der Waals surface area contributed by atoms with Gasteiger partial charge in [0.2, 0.25) is 0 Å². The van der Waals surface area contributed by atoms with Crippen LogP contribution in [0.4, 0.5) is 4.79 Å². The highest BCUT2D eigenvalue weighted by Crippen LogP contribution is 2.33. The molecule has 0 saturated carbocycles. The van der Waals surface area contributed by atoms with Crippen molar-refractivity contribution in [2.45, 2.75) is 40.3 Å². The molecular weight excluding hydrogens is 340 g/mol. The summed E-state index contributed by atoms with van der Waals surface area (Å²) in [7, 11) is 3.27. The van der Waals surface area contributed by atoms with Crippen molar-refractivity contribution in [2.24, 2.45) is 0 Å². The number of amides is 2. The van der Waals surface area contributed by atoms with Gasteiger partial charge in [-0.15, -0.1) is 0 Å². The molecule has 0 atom stereocenters. The van der Waals surface area contributed by atoms with Gasteiger partial charge in [-0.05, 0) is 67.1 Å². The standard InChI is InChI=1S/C22H28N2O3/c1-14-8-15(2)19(16(3)9-14)12-23-22(25)24-7-6-17-10-20(26-4)21(27-5)11-18(17)13-24/h8-11H,6-7,12-13H2,1-5H3,(H,23,25). The fourth-order valence-corrected chi connectivity index (χ4v) is 3.82. The molecule has 3 rings (SSSR count). The van der Waals surface area contributed by atoms with Gasteiger partial charge in [0.05, 0.1) is 14.2 Å². The molecule has 1 aliphatic rings. The molecule has 1 N–H and O–H groups in total. The van der Waals surface area contributed by atoms with Crippen LogP contribution in [0.15, 0.2) is 24.3 Å². The summed E-state index contributed by atoms with van der Waals surface area (Å²) >= 11 is 0. The van der Waals surface area contributed by atoms with Crippen molar-refractivity contribution in [2.75, 3.05) is 20.8 Å². The van der Waals surface area contributed by atoms with Gasteiger partial charge in [-0.1, -0.05) is 17.7 Å². The molecule has 0 radical (unpaired) electrons. The topological polar surface area (TPSA) is 50.8 Å². The van der Waals surface area contributed by atoms with E-state index in [1.54, 1.807) is 14.2 Å². The van der Waals surface area contributed by atoms with Crippen LogP contribution in [-0.4, -0.2) is 31.7 Å². The highest BCUT2D eigenvalue weighted by Gasteiger charge is 2.23. The number of hydrogen-bond acceptors (Lipinski definition) is 3. The van der Waals surface area contributed by atoms with Crippen LogP contribution in [0.1, 0.15) is 33.4 Å². The van der Waals surface area contributed by atoms with Crippen molar-refractivity contribution in [1.29, 1.82) is 0 Å². The first-order valence-corrected chi connectivity index (χ1v) is 9.26. The predicted molar refractivity (Wildman–Crippen MR) is 107 cm³/mol. The van der Waals surface area contributed by atoms with Crippen molar-refractivity contribution in [3.05, 3.63) is 57.6 Å². The van der Waals surface area contributed by atoms with E-state index >= 15 is 0 Å². The highest BCUT2D eigenvalue weighted by atomic mass is 16.5. The molecule has 5 nitrogen and oxygen atoms in total. The molecule has 0 aromatic heterocycles. The average molecular weight is 368 g/mol. The van der Waals surface area contributed by atoms with Gasteiger partial charge in [-0.25, -0.2) is 4.79 Å². The number of hydrogen-bond donors (Lipinski definition) is 1. The zero-order valence-electron chi connectivity index (χ0n) is 16.8. The number of fused-ring (bicyclic) bond motifs is 1. The summed E-state index contributed by atoms with van der Waals surface area (Å²) in [5.41, 5.74) is 7.19. The lowest BCUT2D eigenvalue weighted by molar-refractivity contribution is 0.191. The van der Waals surface area contributed by atoms with E-state index in [4.69, 9.17) is 9.47 Å². The molecule has 0 fully saturated rings. The lowest BCUT2D eigenvalue weighted by atomic mass is 9.99. The van der Waals surface area contributed by atoms with Crippen LogP contribution in [0.25, 0.3) is 0 Å². The van der Waals surface area contributed by atoms with E-state index in [1.165, 1.54) is 27.8 Å². The Kier molecular flexibility index (Phi) is 5.59. The number of benzene rings is 2. The van der Waals surface area contributed by atoms with Gasteiger partial charge in [-0.3, -0.25) is 0 Å². The van der Waals surface area contributed by atoms with Crippen molar-refractivity contribution in [3.63, 3.8) is 0 Å². The van der Waals surface area contributed by atoms with Crippen LogP contribution < -0.4 is 14.8 Å². The first-order chi connectivity index (χ1) is 12.9. The Bertz CT molecular complexity index is 838. The van der Waals surface area contributed by atoms with E-state index in [2.05, 4.69) is 38.2 Å². The van der Waals surface area contributed by atoms with Crippen LogP contribution in [0.5, 0.6) is 11.5 Å². The van der Waals surface area contributed by atoms with Crippen LogP contribution in [0.3, 0.4) is 0 Å². The largest absolute Gasteiger partial charge is 0.493 e. The summed E-state index contributed by atoms with van der Waals surface area (Å²) in [6, 6.07) is 8.27. The monoisotopic (exact) mass is 368 g/mol. The summed E-state index contributed by atoms with van der Waals surface area (Å²) in [5, 5.41) is 3.08. The second kappa shape index (κ2) is 7.91. The maximum Gasteiger partial charge on any atom is 0.317 e. The van der Waals surface area contributed by atoms with Crippen molar-refractivity contribution < 1.29 is 14.3 Å². The van der Waals surface area contributed by atoms with E-state index in [0.29, 0.717) is 25.4 Å². The number of carbonyl (C=O) groups excluding carboxylic acids is 1. The minimum absolute atomic E-state index is 0.0326. The van der Waals surface area contributed by atoms with Gasteiger partial charge in [0, 0.05) is 19.6 Å². The molecule has 5 heteroatoms. The quantitative estimate of drug-likeness (QED) is 0.891. The van der Waals surface area contributed by atoms with E-state index in [0.717, 1.165) is 17.7 Å². The second-order valence-electron chi connectivity index (χ2n) is 7.18. The maximum absolute atomic E-state index is 12.7. The smallest absolute Gasteiger partial charge is 0.317 e. The van der Waals surface area contributed by atoms with Crippen LogP contribution in [0, 0.1) is 20.8 Å². The van der Waals surface area contributed by atoms with Crippen LogP contribution in [-0.2, 0) is 19.5 Å². The Morgan fingerprint density at radius 1 is 1.00 bits per heavy atom. The summed E-state index contributed by atoms with van der Waals surface area (Å²) in [4.78, 5) is 14.6. The number of urea groups is 1. The average Bonchev–Trinajstić information content (AvgIpc) is 2.65. The van der Waals surface area contributed by atoms with Gasteiger partial charge in [0.25, 0.3) is 0 Å². The fourth-order valence-electron chi connectivity index (χ4n) is 3.82. The van der Waals surface area contributed by atoms with E-state index in [-0.39, 0.29) is 6.03 Å². The fraction of sp³-hybridized carbons (Fsp3) is 0.409. The van der Waals surface area contributed by atoms with Crippen molar-refractivity contribution in [3.8, 4) is 11.5 Å². The van der Waals surface area contributed by atoms with Crippen molar-refractivity contribution >= 4 is 6.03 Å². The first-order valence-electron chi connectivity index (χ1n) is 9.26. The van der Waals surface area contributed by atoms with E-state index in [1.807, 2.05) is 17.0 Å². The summed E-state index contributed by atoms with van der Waals surface area (Å²) in [6.07, 6.45) is 0.811. The Balaban J connectivity index is 1.69. The van der Waals surface area contributed by atoms with Crippen molar-refractivity contribution in [1.82, 2.24) is 10.2 Å². The molecule has 1 aliphatic heterocycles. The van der Waals surface area contributed by atoms with Gasteiger partial charge in [0.1, 0.15) is 0 Å². The van der Waals surface area contributed by atoms with Crippen LogP contribution in [0.2, 0.25) is 0 Å². The number of nitrogens with zero attached hydrogens (tertiary/aromatic N) is 1. The van der Waals surface area contributed by atoms with E-state index < -0.39 is 0 Å². The lowest BCUT2D eigenvalue weighted by Gasteiger charge is -2.30. The van der Waals surface area contributed by atoms with Gasteiger partial charge < -0.3 is 19.7 Å². The SMILES string of the molecule is COc1cc2c(cc1OC)CN(C(=O)NCc1c(C)cc(C)cc1C)CC2. The minimum Gasteiger partial charge on any atom is -0.493 e. The second-order valence-corrected chi connectivity index (χ2v) is 7.18. The third-order valence-electron chi connectivity index (χ3n) is 5.26. The van der Waals surface area contributed by atoms with Gasteiger partial charge in [-0.2, -0.15) is 0 Å². The lowest BCUT2D eigenvalue weighted by Crippen LogP contribution is -2.42. The number of carbonyl (C=O) groups is 1. The predicted octanol–water partition coefficient (Wildman–Crippen LogP) is 3.90. The van der Waals surface area contributed by atoms with E-state index in [9.17, 15) is 4.79 Å². The summed E-state index contributed by atoms with van der Waals surface area (Å²) in [6.45, 7) is 8.10. The molecule has 2 aromatic carbocycles. The number of ether oxygens (including phenoxy) is 2. The van der Waals surface area contributed by atoms with Gasteiger partial charge in [0.15, 0.2) is 11.5 Å². The zero-order valence-corrected chi connectivity index (χ0v) is 16.8. The third kappa shape index (κ3) is 4.02. The Hall–Kier alpha value is -2.69. The maximum atomic E-state index is 12.7. The number of rotatable bonds is 4. The molecular formula is C22H28N2O3. The number of nitrogens with one attached hydrogen (secondary N) is 1. The highest BCUT2D eigenvalue weighted by molar-refractivity contribution is 5.74. The Morgan fingerprint density at radius 3 is 2.19 bits per heavy atom. The molecule has 27 heavy (non-hydrogen) atoms. The Labute approximate surface area is 161 Å². The van der Waals surface area contributed by atoms with Gasteiger partial charge >= 0.3 is 6.03 Å². The minimum atomic E-state index is -0.0326. The number of aryl methyl sites for hydroxylation is 3. The molecule has 2 amide bonds. The summed E-state index contributed by atoms with van der Waals surface area (Å²) in [5.74, 6) is 1.43. The molecule has 1 heterocycles. The molecule has 0 unspecified atom stereocenters. The molecule has 2 aromatic rings. The first kappa shape index (κ1) is 19.1. The third-order valence-corrected chi connectivity index (χ3v) is 5.26. The normalized spacial score (nSPS) is 13.1. The molecule has 0 aliphatic carbocycles. The number of methoxy groups -OCH3 is 2. The zero-order chi connectivity index (χ0) is 19.6.